The fraction of sp³-hybridized carbons (Fsp3) is 0.643. The third-order valence-electron chi connectivity index (χ3n) is 3.79. The minimum atomic E-state index is -1.05. The van der Waals surface area contributed by atoms with Gasteiger partial charge in [0, 0.05) is 19.3 Å². The Morgan fingerprint density at radius 1 is 1.40 bits per heavy atom. The minimum Gasteiger partial charge on any atom is -0.388 e. The average molecular weight is 281 g/mol. The van der Waals surface area contributed by atoms with Gasteiger partial charge in [-0.15, -0.1) is 0 Å². The van der Waals surface area contributed by atoms with Gasteiger partial charge in [-0.05, 0) is 26.7 Å². The van der Waals surface area contributed by atoms with Crippen molar-refractivity contribution in [2.24, 2.45) is 13.0 Å². The zero-order chi connectivity index (χ0) is 15.7. The molecule has 1 rings (SSSR count). The monoisotopic (exact) mass is 281 g/mol. The Kier molecular flexibility index (Phi) is 4.70. The Hall–Kier alpha value is -1.69. The van der Waals surface area contributed by atoms with E-state index in [4.69, 9.17) is 0 Å². The summed E-state index contributed by atoms with van der Waals surface area (Å²) in [6, 6.07) is 0. The smallest absolute Gasteiger partial charge is 0.292 e. The molecule has 0 aliphatic rings. The van der Waals surface area contributed by atoms with Crippen LogP contribution in [0, 0.1) is 19.8 Å². The number of carbonyl (C=O) groups excluding carboxylic acids is 2. The van der Waals surface area contributed by atoms with Crippen molar-refractivity contribution < 1.29 is 14.7 Å². The molecule has 6 heteroatoms. The SMILES string of the molecule is Cc1nn(C)c(C)c1C(=O)C(=O)NCC(C)(O)C(C)C. The first kappa shape index (κ1) is 16.4. The number of hydrogen-bond donors (Lipinski definition) is 2. The van der Waals surface area contributed by atoms with Crippen LogP contribution in [0.2, 0.25) is 0 Å². The lowest BCUT2D eigenvalue weighted by Gasteiger charge is -2.27. The second-order valence-corrected chi connectivity index (χ2v) is 5.69. The highest BCUT2D eigenvalue weighted by Crippen LogP contribution is 2.15. The predicted molar refractivity (Wildman–Crippen MR) is 75.5 cm³/mol. The number of rotatable bonds is 5. The molecule has 0 saturated heterocycles. The van der Waals surface area contributed by atoms with Gasteiger partial charge in [-0.25, -0.2) is 0 Å². The van der Waals surface area contributed by atoms with Gasteiger partial charge in [0.25, 0.3) is 11.7 Å². The predicted octanol–water partition coefficient (Wildman–Crippen LogP) is 0.743. The summed E-state index contributed by atoms with van der Waals surface area (Å²) in [5, 5.41) is 16.7. The van der Waals surface area contributed by atoms with Gasteiger partial charge in [0.05, 0.1) is 16.9 Å². The molecular weight excluding hydrogens is 258 g/mol. The Bertz CT molecular complexity index is 530. The summed E-state index contributed by atoms with van der Waals surface area (Å²) in [5.41, 5.74) is 0.461. The molecule has 1 heterocycles. The van der Waals surface area contributed by atoms with Gasteiger partial charge in [0.2, 0.25) is 0 Å². The Balaban J connectivity index is 2.81. The lowest BCUT2D eigenvalue weighted by atomic mass is 9.92. The number of aryl methyl sites for hydroxylation is 2. The molecule has 0 aromatic carbocycles. The van der Waals surface area contributed by atoms with Gasteiger partial charge in [-0.2, -0.15) is 5.10 Å². The highest BCUT2D eigenvalue weighted by atomic mass is 16.3. The van der Waals surface area contributed by atoms with Gasteiger partial charge in [-0.3, -0.25) is 14.3 Å². The molecule has 1 unspecified atom stereocenters. The van der Waals surface area contributed by atoms with Crippen LogP contribution in [-0.2, 0) is 11.8 Å². The maximum Gasteiger partial charge on any atom is 0.292 e. The largest absolute Gasteiger partial charge is 0.388 e. The molecule has 0 aliphatic heterocycles. The molecule has 112 valence electrons. The van der Waals surface area contributed by atoms with Crippen LogP contribution in [-0.4, -0.2) is 38.7 Å². The molecule has 6 nitrogen and oxygen atoms in total. The average Bonchev–Trinajstić information content (AvgIpc) is 2.59. The van der Waals surface area contributed by atoms with E-state index in [2.05, 4.69) is 10.4 Å². The highest BCUT2D eigenvalue weighted by Gasteiger charge is 2.28. The first-order valence-corrected chi connectivity index (χ1v) is 6.63. The fourth-order valence-corrected chi connectivity index (χ4v) is 1.76. The lowest BCUT2D eigenvalue weighted by Crippen LogP contribution is -2.46. The van der Waals surface area contributed by atoms with Gasteiger partial charge < -0.3 is 10.4 Å². The third-order valence-corrected chi connectivity index (χ3v) is 3.79. The molecule has 1 amide bonds. The zero-order valence-electron chi connectivity index (χ0n) is 12.9. The minimum absolute atomic E-state index is 0.0280. The van der Waals surface area contributed by atoms with Crippen LogP contribution in [0.3, 0.4) is 0 Å². The van der Waals surface area contributed by atoms with Crippen molar-refractivity contribution in [1.82, 2.24) is 15.1 Å². The summed E-state index contributed by atoms with van der Waals surface area (Å²) in [6.07, 6.45) is 0. The van der Waals surface area contributed by atoms with Gasteiger partial charge in [0.15, 0.2) is 0 Å². The maximum atomic E-state index is 12.1. The number of amides is 1. The second kappa shape index (κ2) is 5.75. The Morgan fingerprint density at radius 2 is 1.95 bits per heavy atom. The Morgan fingerprint density at radius 3 is 2.35 bits per heavy atom. The number of carbonyl (C=O) groups is 2. The number of ketones is 1. The van der Waals surface area contributed by atoms with Crippen molar-refractivity contribution in [1.29, 1.82) is 0 Å². The van der Waals surface area contributed by atoms with E-state index in [1.807, 2.05) is 13.8 Å². The van der Waals surface area contributed by atoms with E-state index in [1.54, 1.807) is 32.5 Å². The van der Waals surface area contributed by atoms with Crippen LogP contribution in [0.15, 0.2) is 0 Å². The number of aliphatic hydroxyl groups is 1. The number of Topliss-reactive ketones (excluding diaryl/α,β-unsaturated/α-hetero) is 1. The highest BCUT2D eigenvalue weighted by molar-refractivity contribution is 6.43. The molecule has 2 N–H and O–H groups in total. The molecule has 0 aliphatic carbocycles. The summed E-state index contributed by atoms with van der Waals surface area (Å²) in [4.78, 5) is 24.1. The first-order valence-electron chi connectivity index (χ1n) is 6.63. The normalized spacial score (nSPS) is 14.2. The van der Waals surface area contributed by atoms with Crippen LogP contribution in [0.5, 0.6) is 0 Å². The topological polar surface area (TPSA) is 84.2 Å². The quantitative estimate of drug-likeness (QED) is 0.616. The van der Waals surface area contributed by atoms with Crippen molar-refractivity contribution in [3.8, 4) is 0 Å². The molecule has 0 bridgehead atoms. The first-order chi connectivity index (χ1) is 9.08. The van der Waals surface area contributed by atoms with Gasteiger partial charge >= 0.3 is 0 Å². The summed E-state index contributed by atoms with van der Waals surface area (Å²) in [7, 11) is 1.72. The van der Waals surface area contributed by atoms with Gasteiger partial charge in [-0.1, -0.05) is 13.8 Å². The van der Waals surface area contributed by atoms with Gasteiger partial charge in [0.1, 0.15) is 0 Å². The van der Waals surface area contributed by atoms with Crippen molar-refractivity contribution in [3.63, 3.8) is 0 Å². The van der Waals surface area contributed by atoms with Crippen molar-refractivity contribution in [2.45, 2.75) is 40.2 Å². The van der Waals surface area contributed by atoms with E-state index >= 15 is 0 Å². The summed E-state index contributed by atoms with van der Waals surface area (Å²) >= 11 is 0. The van der Waals surface area contributed by atoms with E-state index in [-0.39, 0.29) is 12.5 Å². The molecule has 20 heavy (non-hydrogen) atoms. The van der Waals surface area contributed by atoms with E-state index in [0.717, 1.165) is 0 Å². The number of aromatic nitrogens is 2. The van der Waals surface area contributed by atoms with Crippen LogP contribution >= 0.6 is 0 Å². The second-order valence-electron chi connectivity index (χ2n) is 5.69. The Labute approximate surface area is 119 Å². The lowest BCUT2D eigenvalue weighted by molar-refractivity contribution is -0.118. The molecular formula is C14H23N3O3. The molecule has 1 aromatic rings. The molecule has 1 atom stereocenters. The maximum absolute atomic E-state index is 12.1. The standard InChI is InChI=1S/C14H23N3O3/c1-8(2)14(5,20)7-15-13(19)12(18)11-9(3)16-17(6)10(11)4/h8,20H,7H2,1-6H3,(H,15,19). The molecule has 0 radical (unpaired) electrons. The van der Waals surface area contributed by atoms with Crippen LogP contribution in [0.4, 0.5) is 0 Å². The van der Waals surface area contributed by atoms with Crippen LogP contribution in [0.1, 0.15) is 42.5 Å². The van der Waals surface area contributed by atoms with Crippen molar-refractivity contribution >= 4 is 11.7 Å². The van der Waals surface area contributed by atoms with Crippen molar-refractivity contribution in [3.05, 3.63) is 17.0 Å². The molecule has 0 saturated carbocycles. The number of nitrogens with one attached hydrogen (secondary N) is 1. The molecule has 0 fully saturated rings. The van der Waals surface area contributed by atoms with Crippen LogP contribution < -0.4 is 5.32 Å². The number of nitrogens with zero attached hydrogens (tertiary/aromatic N) is 2. The fourth-order valence-electron chi connectivity index (χ4n) is 1.76. The summed E-state index contributed by atoms with van der Waals surface area (Å²) < 4.78 is 1.57. The zero-order valence-corrected chi connectivity index (χ0v) is 12.9. The third kappa shape index (κ3) is 3.25. The van der Waals surface area contributed by atoms with Crippen LogP contribution in [0.25, 0.3) is 0 Å². The molecule has 0 spiro atoms. The molecule has 1 aromatic heterocycles. The summed E-state index contributed by atoms with van der Waals surface area (Å²) in [5.74, 6) is -1.36. The van der Waals surface area contributed by atoms with E-state index in [0.29, 0.717) is 17.0 Å². The van der Waals surface area contributed by atoms with E-state index in [9.17, 15) is 14.7 Å². The number of hydrogen-bond acceptors (Lipinski definition) is 4. The van der Waals surface area contributed by atoms with Crippen molar-refractivity contribution in [2.75, 3.05) is 6.54 Å². The van der Waals surface area contributed by atoms with E-state index in [1.165, 1.54) is 0 Å². The van der Waals surface area contributed by atoms with E-state index < -0.39 is 17.3 Å². The summed E-state index contributed by atoms with van der Waals surface area (Å²) in [6.45, 7) is 8.80.